The second-order valence-corrected chi connectivity index (χ2v) is 9.44. The molecule has 1 N–H and O–H groups in total. The van der Waals surface area contributed by atoms with Gasteiger partial charge in [-0.1, -0.05) is 48.4 Å². The number of nitrogens with zero attached hydrogens (tertiary/aromatic N) is 2. The van der Waals surface area contributed by atoms with Crippen molar-refractivity contribution in [2.24, 2.45) is 5.92 Å². The van der Waals surface area contributed by atoms with Gasteiger partial charge in [0.2, 0.25) is 0 Å². The Kier molecular flexibility index (Phi) is 8.07. The Morgan fingerprint density at radius 3 is 2.39 bits per heavy atom. The van der Waals surface area contributed by atoms with Gasteiger partial charge in [-0.2, -0.15) is 0 Å². The molecule has 2 saturated heterocycles. The third kappa shape index (κ3) is 5.44. The third-order valence-electron chi connectivity index (χ3n) is 7.33. The van der Waals surface area contributed by atoms with Gasteiger partial charge in [0.15, 0.2) is 0 Å². The summed E-state index contributed by atoms with van der Waals surface area (Å²) < 4.78 is 4.77. The first-order valence-corrected chi connectivity index (χ1v) is 12.4. The number of amides is 3. The second kappa shape index (κ2) is 11.4. The molecule has 2 aromatic rings. The van der Waals surface area contributed by atoms with Crippen LogP contribution in [0, 0.1) is 17.8 Å². The fourth-order valence-electron chi connectivity index (χ4n) is 5.29. The van der Waals surface area contributed by atoms with Crippen molar-refractivity contribution in [1.29, 1.82) is 0 Å². The zero-order chi connectivity index (χ0) is 25.5. The number of benzene rings is 2. The Labute approximate surface area is 212 Å². The summed E-state index contributed by atoms with van der Waals surface area (Å²) in [6.07, 6.45) is 2.91. The quantitative estimate of drug-likeness (QED) is 0.350. The SMILES string of the molecule is CC#CCN1C(=O)NC(CCc2ccccc2)(C2CCN(Cc3ccc(C(=O)OC)cc3)CC2)C1=O. The van der Waals surface area contributed by atoms with Gasteiger partial charge in [0.05, 0.1) is 19.2 Å². The number of hydrogen-bond acceptors (Lipinski definition) is 5. The molecule has 0 bridgehead atoms. The second-order valence-electron chi connectivity index (χ2n) is 9.44. The molecule has 36 heavy (non-hydrogen) atoms. The zero-order valence-electron chi connectivity index (χ0n) is 21.0. The predicted octanol–water partition coefficient (Wildman–Crippen LogP) is 3.63. The number of imide groups is 1. The molecule has 2 aliphatic heterocycles. The first-order valence-electron chi connectivity index (χ1n) is 12.4. The molecular weight excluding hydrogens is 454 g/mol. The van der Waals surface area contributed by atoms with Crippen molar-refractivity contribution in [3.05, 3.63) is 71.3 Å². The lowest BCUT2D eigenvalue weighted by Crippen LogP contribution is -2.56. The van der Waals surface area contributed by atoms with Crippen molar-refractivity contribution in [2.75, 3.05) is 26.7 Å². The van der Waals surface area contributed by atoms with Crippen LogP contribution in [0.3, 0.4) is 0 Å². The van der Waals surface area contributed by atoms with Gasteiger partial charge in [-0.05, 0) is 74.9 Å². The van der Waals surface area contributed by atoms with Gasteiger partial charge in [-0.3, -0.25) is 14.6 Å². The molecule has 1 atom stereocenters. The summed E-state index contributed by atoms with van der Waals surface area (Å²) >= 11 is 0. The van der Waals surface area contributed by atoms with E-state index in [1.807, 2.05) is 30.3 Å². The molecule has 7 heteroatoms. The molecule has 0 spiro atoms. The Morgan fingerprint density at radius 2 is 1.75 bits per heavy atom. The van der Waals surface area contributed by atoms with E-state index in [1.54, 1.807) is 19.1 Å². The highest BCUT2D eigenvalue weighted by Crippen LogP contribution is 2.37. The Bertz CT molecular complexity index is 1140. The van der Waals surface area contributed by atoms with E-state index in [4.69, 9.17) is 4.74 Å². The normalized spacial score (nSPS) is 20.6. The number of rotatable bonds is 8. The largest absolute Gasteiger partial charge is 0.465 e. The predicted molar refractivity (Wildman–Crippen MR) is 137 cm³/mol. The number of hydrogen-bond donors (Lipinski definition) is 1. The first-order chi connectivity index (χ1) is 17.5. The van der Waals surface area contributed by atoms with E-state index >= 15 is 0 Å². The van der Waals surface area contributed by atoms with Crippen LogP contribution in [-0.2, 0) is 22.5 Å². The van der Waals surface area contributed by atoms with Crippen LogP contribution in [-0.4, -0.2) is 60.0 Å². The molecule has 1 unspecified atom stereocenters. The number of nitrogens with one attached hydrogen (secondary N) is 1. The third-order valence-corrected chi connectivity index (χ3v) is 7.33. The van der Waals surface area contributed by atoms with Crippen LogP contribution in [0.25, 0.3) is 0 Å². The van der Waals surface area contributed by atoms with Crippen molar-refractivity contribution in [1.82, 2.24) is 15.1 Å². The summed E-state index contributed by atoms with van der Waals surface area (Å²) in [5.41, 5.74) is 1.90. The summed E-state index contributed by atoms with van der Waals surface area (Å²) in [4.78, 5) is 41.8. The van der Waals surface area contributed by atoms with Gasteiger partial charge in [0.25, 0.3) is 5.91 Å². The molecule has 0 saturated carbocycles. The van der Waals surface area contributed by atoms with Crippen LogP contribution in [0.2, 0.25) is 0 Å². The van der Waals surface area contributed by atoms with Gasteiger partial charge in [-0.15, -0.1) is 5.92 Å². The van der Waals surface area contributed by atoms with Crippen molar-refractivity contribution in [3.63, 3.8) is 0 Å². The molecule has 2 heterocycles. The van der Waals surface area contributed by atoms with Crippen molar-refractivity contribution < 1.29 is 19.1 Å². The van der Waals surface area contributed by atoms with Crippen molar-refractivity contribution >= 4 is 17.9 Å². The minimum Gasteiger partial charge on any atom is -0.465 e. The van der Waals surface area contributed by atoms with Gasteiger partial charge < -0.3 is 10.1 Å². The van der Waals surface area contributed by atoms with E-state index in [1.165, 1.54) is 12.0 Å². The minimum atomic E-state index is -0.906. The van der Waals surface area contributed by atoms with Gasteiger partial charge >= 0.3 is 12.0 Å². The summed E-state index contributed by atoms with van der Waals surface area (Å²) in [5.74, 6) is 5.22. The average Bonchev–Trinajstić information content (AvgIpc) is 3.16. The highest BCUT2D eigenvalue weighted by atomic mass is 16.5. The number of carbonyl (C=O) groups is 3. The fraction of sp³-hybridized carbons (Fsp3) is 0.414. The zero-order valence-corrected chi connectivity index (χ0v) is 21.0. The highest BCUT2D eigenvalue weighted by molar-refractivity contribution is 6.07. The molecule has 4 rings (SSSR count). The van der Waals surface area contributed by atoms with Crippen LogP contribution in [0.1, 0.15) is 47.7 Å². The van der Waals surface area contributed by atoms with E-state index < -0.39 is 5.54 Å². The molecule has 0 aromatic heterocycles. The Hall–Kier alpha value is -3.63. The molecular formula is C29H33N3O4. The van der Waals surface area contributed by atoms with Crippen LogP contribution >= 0.6 is 0 Å². The topological polar surface area (TPSA) is 79.0 Å². The number of piperidine rings is 1. The Morgan fingerprint density at radius 1 is 1.06 bits per heavy atom. The molecule has 0 aliphatic carbocycles. The first kappa shape index (κ1) is 25.5. The molecule has 2 aromatic carbocycles. The van der Waals surface area contributed by atoms with E-state index in [9.17, 15) is 14.4 Å². The van der Waals surface area contributed by atoms with Gasteiger partial charge in [-0.25, -0.2) is 9.59 Å². The molecule has 0 radical (unpaired) electrons. The van der Waals surface area contributed by atoms with Crippen LogP contribution in [0.15, 0.2) is 54.6 Å². The number of methoxy groups -OCH3 is 1. The maximum Gasteiger partial charge on any atom is 0.337 e. The molecule has 2 aliphatic rings. The smallest absolute Gasteiger partial charge is 0.337 e. The summed E-state index contributed by atoms with van der Waals surface area (Å²) in [6, 6.07) is 17.2. The van der Waals surface area contributed by atoms with Crippen LogP contribution in [0.4, 0.5) is 4.79 Å². The minimum absolute atomic E-state index is 0.0511. The molecule has 3 amide bonds. The fourth-order valence-corrected chi connectivity index (χ4v) is 5.29. The molecule has 7 nitrogen and oxygen atoms in total. The van der Waals surface area contributed by atoms with Gasteiger partial charge in [0, 0.05) is 6.54 Å². The average molecular weight is 488 g/mol. The Balaban J connectivity index is 1.45. The van der Waals surface area contributed by atoms with Crippen LogP contribution < -0.4 is 5.32 Å². The standard InChI is InChI=1S/C29H33N3O4/c1-3-4-18-32-27(34)29(30-28(32)35,17-14-22-8-6-5-7-9-22)25-15-19-31(20-16-25)21-23-10-12-24(13-11-23)26(33)36-2/h5-13,25H,14-21H2,1-2H3,(H,30,35). The van der Waals surface area contributed by atoms with E-state index in [0.29, 0.717) is 18.4 Å². The highest BCUT2D eigenvalue weighted by Gasteiger charge is 2.55. The summed E-state index contributed by atoms with van der Waals surface area (Å²) in [5, 5.41) is 3.11. The van der Waals surface area contributed by atoms with Crippen molar-refractivity contribution in [3.8, 4) is 11.8 Å². The number of aryl methyl sites for hydroxylation is 1. The van der Waals surface area contributed by atoms with E-state index in [2.05, 4.69) is 34.2 Å². The lowest BCUT2D eigenvalue weighted by molar-refractivity contribution is -0.134. The van der Waals surface area contributed by atoms with E-state index in [-0.39, 0.29) is 30.4 Å². The number of urea groups is 1. The number of ether oxygens (including phenoxy) is 1. The van der Waals surface area contributed by atoms with E-state index in [0.717, 1.165) is 43.6 Å². The maximum absolute atomic E-state index is 13.7. The summed E-state index contributed by atoms with van der Waals surface area (Å²) in [6.45, 7) is 4.25. The maximum atomic E-state index is 13.7. The molecule has 2 fully saturated rings. The number of carbonyl (C=O) groups excluding carboxylic acids is 3. The van der Waals surface area contributed by atoms with Crippen molar-refractivity contribution in [2.45, 2.75) is 44.7 Å². The lowest BCUT2D eigenvalue weighted by Gasteiger charge is -2.41. The number of esters is 1. The summed E-state index contributed by atoms with van der Waals surface area (Å²) in [7, 11) is 1.38. The van der Waals surface area contributed by atoms with Gasteiger partial charge in [0.1, 0.15) is 5.54 Å². The monoisotopic (exact) mass is 487 g/mol. The lowest BCUT2D eigenvalue weighted by atomic mass is 9.74. The van der Waals surface area contributed by atoms with Crippen LogP contribution in [0.5, 0.6) is 0 Å². The molecule has 188 valence electrons. The number of likely N-dealkylation sites (tertiary alicyclic amines) is 1.